The molecule has 0 radical (unpaired) electrons. The highest BCUT2D eigenvalue weighted by Crippen LogP contribution is 2.29. The normalized spacial score (nSPS) is 11.3. The second-order valence-electron chi connectivity index (χ2n) is 4.57. The lowest BCUT2D eigenvalue weighted by Gasteiger charge is -2.03. The molecule has 0 aliphatic heterocycles. The van der Waals surface area contributed by atoms with Crippen molar-refractivity contribution in [2.24, 2.45) is 0 Å². The molecule has 0 atom stereocenters. The maximum atomic E-state index is 11.6. The number of aliphatic hydroxyl groups excluding tert-OH is 1. The zero-order chi connectivity index (χ0) is 13.4. The van der Waals surface area contributed by atoms with Crippen LogP contribution in [0.5, 0.6) is 0 Å². The quantitative estimate of drug-likeness (QED) is 0.729. The van der Waals surface area contributed by atoms with Gasteiger partial charge in [-0.3, -0.25) is 4.79 Å². The average Bonchev–Trinajstić information content (AvgIpc) is 2.79. The van der Waals surface area contributed by atoms with E-state index >= 15 is 0 Å². The van der Waals surface area contributed by atoms with Crippen molar-refractivity contribution in [2.45, 2.75) is 13.5 Å². The standard InChI is InChI=1S/C16H15NO2/c1-2-17-14-6-4-3-5-12(14)13-9-11(16(19)10-18)7-8-15(13)17/h3-9,18H,2,10H2,1H3. The van der Waals surface area contributed by atoms with Gasteiger partial charge in [0.25, 0.3) is 0 Å². The van der Waals surface area contributed by atoms with Crippen LogP contribution >= 0.6 is 0 Å². The van der Waals surface area contributed by atoms with E-state index in [4.69, 9.17) is 5.11 Å². The number of aliphatic hydroxyl groups is 1. The van der Waals surface area contributed by atoms with E-state index in [2.05, 4.69) is 23.6 Å². The number of rotatable bonds is 3. The van der Waals surface area contributed by atoms with Crippen LogP contribution in [0.25, 0.3) is 21.8 Å². The van der Waals surface area contributed by atoms with Crippen molar-refractivity contribution in [3.8, 4) is 0 Å². The average molecular weight is 253 g/mol. The third kappa shape index (κ3) is 1.74. The largest absolute Gasteiger partial charge is 0.388 e. The van der Waals surface area contributed by atoms with Crippen LogP contribution < -0.4 is 0 Å². The number of hydrogen-bond donors (Lipinski definition) is 1. The van der Waals surface area contributed by atoms with Gasteiger partial charge in [-0.05, 0) is 31.2 Å². The number of fused-ring (bicyclic) bond motifs is 3. The highest BCUT2D eigenvalue weighted by atomic mass is 16.3. The molecule has 19 heavy (non-hydrogen) atoms. The zero-order valence-electron chi connectivity index (χ0n) is 10.8. The first-order chi connectivity index (χ1) is 9.26. The molecular formula is C16H15NO2. The molecule has 0 spiro atoms. The molecule has 1 aromatic heterocycles. The molecule has 0 saturated heterocycles. The summed E-state index contributed by atoms with van der Waals surface area (Å²) in [5, 5.41) is 11.2. The molecule has 3 heteroatoms. The Labute approximate surface area is 111 Å². The van der Waals surface area contributed by atoms with E-state index in [1.807, 2.05) is 24.3 Å². The SMILES string of the molecule is CCn1c2ccccc2c2cc(C(=O)CO)ccc21. The third-order valence-corrected chi connectivity index (χ3v) is 3.55. The van der Waals surface area contributed by atoms with E-state index in [1.165, 1.54) is 5.52 Å². The number of nitrogens with zero attached hydrogens (tertiary/aromatic N) is 1. The maximum Gasteiger partial charge on any atom is 0.188 e. The number of aromatic nitrogens is 1. The van der Waals surface area contributed by atoms with Crippen molar-refractivity contribution < 1.29 is 9.90 Å². The van der Waals surface area contributed by atoms with Crippen molar-refractivity contribution in [3.05, 3.63) is 48.0 Å². The van der Waals surface area contributed by atoms with Gasteiger partial charge in [-0.15, -0.1) is 0 Å². The van der Waals surface area contributed by atoms with Gasteiger partial charge in [0.1, 0.15) is 6.61 Å². The summed E-state index contributed by atoms with van der Waals surface area (Å²) in [6.07, 6.45) is 0. The van der Waals surface area contributed by atoms with Crippen LogP contribution in [-0.4, -0.2) is 22.1 Å². The second kappa shape index (κ2) is 4.52. The van der Waals surface area contributed by atoms with Crippen LogP contribution in [0, 0.1) is 0 Å². The number of carbonyl (C=O) groups is 1. The Morgan fingerprint density at radius 1 is 1.11 bits per heavy atom. The van der Waals surface area contributed by atoms with E-state index in [-0.39, 0.29) is 5.78 Å². The Morgan fingerprint density at radius 2 is 1.84 bits per heavy atom. The molecule has 96 valence electrons. The van der Waals surface area contributed by atoms with E-state index in [9.17, 15) is 4.79 Å². The van der Waals surface area contributed by atoms with Crippen LogP contribution in [0.4, 0.5) is 0 Å². The Balaban J connectivity index is 2.39. The lowest BCUT2D eigenvalue weighted by molar-refractivity contribution is 0.0904. The van der Waals surface area contributed by atoms with E-state index in [0.717, 1.165) is 22.8 Å². The van der Waals surface area contributed by atoms with Gasteiger partial charge in [-0.2, -0.15) is 0 Å². The van der Waals surface area contributed by atoms with Gasteiger partial charge >= 0.3 is 0 Å². The van der Waals surface area contributed by atoms with Gasteiger partial charge in [0, 0.05) is 33.9 Å². The maximum absolute atomic E-state index is 11.6. The monoisotopic (exact) mass is 253 g/mol. The summed E-state index contributed by atoms with van der Waals surface area (Å²) in [5.74, 6) is -0.241. The van der Waals surface area contributed by atoms with Crippen LogP contribution in [-0.2, 0) is 6.54 Å². The van der Waals surface area contributed by atoms with Gasteiger partial charge < -0.3 is 9.67 Å². The predicted octanol–water partition coefficient (Wildman–Crippen LogP) is 2.99. The Bertz CT molecular complexity index is 771. The van der Waals surface area contributed by atoms with Crippen molar-refractivity contribution >= 4 is 27.6 Å². The van der Waals surface area contributed by atoms with Gasteiger partial charge in [-0.1, -0.05) is 18.2 Å². The van der Waals surface area contributed by atoms with Crippen LogP contribution in [0.2, 0.25) is 0 Å². The summed E-state index contributed by atoms with van der Waals surface area (Å²) in [6, 6.07) is 13.8. The molecule has 0 aliphatic rings. The first kappa shape index (κ1) is 11.9. The van der Waals surface area contributed by atoms with Crippen molar-refractivity contribution in [1.82, 2.24) is 4.57 Å². The molecule has 1 heterocycles. The third-order valence-electron chi connectivity index (χ3n) is 3.55. The summed E-state index contributed by atoms with van der Waals surface area (Å²) < 4.78 is 2.23. The lowest BCUT2D eigenvalue weighted by Crippen LogP contribution is -2.03. The summed E-state index contributed by atoms with van der Waals surface area (Å²) in [6.45, 7) is 2.55. The lowest BCUT2D eigenvalue weighted by atomic mass is 10.1. The molecule has 1 N–H and O–H groups in total. The number of aryl methyl sites for hydroxylation is 1. The fourth-order valence-electron chi connectivity index (χ4n) is 2.66. The molecule has 3 aromatic rings. The van der Waals surface area contributed by atoms with Gasteiger partial charge in [-0.25, -0.2) is 0 Å². The topological polar surface area (TPSA) is 42.2 Å². The smallest absolute Gasteiger partial charge is 0.188 e. The molecule has 0 saturated carbocycles. The van der Waals surface area contributed by atoms with Gasteiger partial charge in [0.2, 0.25) is 0 Å². The number of ketones is 1. The van der Waals surface area contributed by atoms with E-state index < -0.39 is 6.61 Å². The molecule has 0 aliphatic carbocycles. The summed E-state index contributed by atoms with van der Waals surface area (Å²) >= 11 is 0. The highest BCUT2D eigenvalue weighted by Gasteiger charge is 2.11. The van der Waals surface area contributed by atoms with Crippen LogP contribution in [0.1, 0.15) is 17.3 Å². The molecule has 0 amide bonds. The minimum atomic E-state index is -0.447. The minimum absolute atomic E-state index is 0.241. The minimum Gasteiger partial charge on any atom is -0.388 e. The molecular weight excluding hydrogens is 238 g/mol. The number of Topliss-reactive ketones (excluding diaryl/α,β-unsaturated/α-hetero) is 1. The zero-order valence-corrected chi connectivity index (χ0v) is 10.8. The molecule has 0 fully saturated rings. The number of para-hydroxylation sites is 1. The van der Waals surface area contributed by atoms with Crippen LogP contribution in [0.15, 0.2) is 42.5 Å². The fraction of sp³-hybridized carbons (Fsp3) is 0.188. The number of carbonyl (C=O) groups excluding carboxylic acids is 1. The van der Waals surface area contributed by atoms with Crippen molar-refractivity contribution in [2.75, 3.05) is 6.61 Å². The van der Waals surface area contributed by atoms with Gasteiger partial charge in [0.15, 0.2) is 5.78 Å². The number of benzene rings is 2. The summed E-state index contributed by atoms with van der Waals surface area (Å²) in [5.41, 5.74) is 2.86. The van der Waals surface area contributed by atoms with Crippen LogP contribution in [0.3, 0.4) is 0 Å². The Hall–Kier alpha value is -2.13. The predicted molar refractivity (Wildman–Crippen MR) is 76.5 cm³/mol. The van der Waals surface area contributed by atoms with Gasteiger partial charge in [0.05, 0.1) is 0 Å². The summed E-state index contributed by atoms with van der Waals surface area (Å²) in [4.78, 5) is 11.6. The number of hydrogen-bond acceptors (Lipinski definition) is 2. The van der Waals surface area contributed by atoms with E-state index in [1.54, 1.807) is 6.07 Å². The molecule has 3 nitrogen and oxygen atoms in total. The van der Waals surface area contributed by atoms with E-state index in [0.29, 0.717) is 5.56 Å². The summed E-state index contributed by atoms with van der Waals surface area (Å²) in [7, 11) is 0. The molecule has 3 rings (SSSR count). The second-order valence-corrected chi connectivity index (χ2v) is 4.57. The Kier molecular flexibility index (Phi) is 2.84. The molecule has 0 bridgehead atoms. The highest BCUT2D eigenvalue weighted by molar-refractivity contribution is 6.11. The fourth-order valence-corrected chi connectivity index (χ4v) is 2.66. The van der Waals surface area contributed by atoms with Crippen molar-refractivity contribution in [3.63, 3.8) is 0 Å². The van der Waals surface area contributed by atoms with Crippen molar-refractivity contribution in [1.29, 1.82) is 0 Å². The molecule has 0 unspecified atom stereocenters. The first-order valence-electron chi connectivity index (χ1n) is 6.41. The first-order valence-corrected chi connectivity index (χ1v) is 6.41. The Morgan fingerprint density at radius 3 is 2.58 bits per heavy atom. The molecule has 2 aromatic carbocycles.